The molecule has 0 radical (unpaired) electrons. The smallest absolute Gasteiger partial charge is 1.00 e. The van der Waals surface area contributed by atoms with Gasteiger partial charge in [-0.2, -0.15) is 12.8 Å². The van der Waals surface area contributed by atoms with Gasteiger partial charge in [-0.1, -0.05) is 12.8 Å². The summed E-state index contributed by atoms with van der Waals surface area (Å²) in [4.78, 5) is 0. The van der Waals surface area contributed by atoms with Crippen LogP contribution in [-0.4, -0.2) is 0 Å². The van der Waals surface area contributed by atoms with Crippen LogP contribution in [0.15, 0.2) is 0 Å². The molecule has 0 aliphatic heterocycles. The van der Waals surface area contributed by atoms with Gasteiger partial charge in [-0.15, -0.1) is 0 Å². The Morgan fingerprint density at radius 1 is 0.700 bits per heavy atom. The summed E-state index contributed by atoms with van der Waals surface area (Å²) in [7, 11) is 0. The summed E-state index contributed by atoms with van der Waals surface area (Å²) in [6.45, 7) is 0. The topological polar surface area (TPSA) is 0 Å². The van der Waals surface area contributed by atoms with Crippen molar-refractivity contribution in [3.8, 4) is 0 Å². The molecule has 0 aromatic heterocycles. The van der Waals surface area contributed by atoms with Crippen LogP contribution in [0.3, 0.4) is 0 Å². The van der Waals surface area contributed by atoms with E-state index in [0.29, 0.717) is 0 Å². The molecule has 1 aliphatic rings. The monoisotopic (exact) mass is 434 g/mol. The molecule has 0 saturated heterocycles. The summed E-state index contributed by atoms with van der Waals surface area (Å²) in [5, 5.41) is 0. The molecule has 0 amide bonds. The molecular weight excluding hydrogens is 431 g/mol. The number of hydrogen-bond acceptors (Lipinski definition) is 0. The average Bonchev–Trinajstić information content (AvgIpc) is 1.76. The van der Waals surface area contributed by atoms with Crippen molar-refractivity contribution in [1.82, 2.24) is 0 Å². The fourth-order valence-electron chi connectivity index (χ4n) is 0.722. The summed E-state index contributed by atoms with van der Waals surface area (Å²) >= 11 is 0. The molecule has 1 rings (SSSR count). The molecule has 1 fully saturated rings. The van der Waals surface area contributed by atoms with Gasteiger partial charge in [0.1, 0.15) is 0 Å². The second-order valence-electron chi connectivity index (χ2n) is 1.57. The van der Waals surface area contributed by atoms with E-state index in [-0.39, 0.29) is 89.9 Å². The van der Waals surface area contributed by atoms with Crippen molar-refractivity contribution < 1.29 is 89.9 Å². The molecule has 0 heterocycles. The Balaban J connectivity index is -0.0000000167. The first-order chi connectivity index (χ1) is 2.50. The van der Waals surface area contributed by atoms with Crippen molar-refractivity contribution in [3.63, 3.8) is 0 Å². The van der Waals surface area contributed by atoms with Gasteiger partial charge in [-0.05, 0) is 0 Å². The maximum Gasteiger partial charge on any atom is 2.00 e. The van der Waals surface area contributed by atoms with Crippen molar-refractivity contribution in [2.45, 2.75) is 25.7 Å². The largest absolute Gasteiger partial charge is 2.00 e. The zero-order chi connectivity index (χ0) is 3.54. The van der Waals surface area contributed by atoms with E-state index in [9.17, 15) is 0 Å². The van der Waals surface area contributed by atoms with Crippen molar-refractivity contribution in [1.29, 1.82) is 0 Å². The Hall–Kier alpha value is 2.69. The molecule has 0 bridgehead atoms. The van der Waals surface area contributed by atoms with E-state index in [2.05, 4.69) is 6.42 Å². The molecule has 0 atom stereocenters. The molecule has 0 aromatic carbocycles. The third-order valence-electron chi connectivity index (χ3n) is 1.07. The van der Waals surface area contributed by atoms with Crippen molar-refractivity contribution >= 4 is 0 Å². The molecule has 54 valence electrons. The standard InChI is InChI=1S/C5H9.3BrH.2Zn/c1-2-4-5-3-1;;;;;/h1H,2-5H2;3*1H;;/q-1;;;;2*+2/p-3. The van der Waals surface area contributed by atoms with Crippen LogP contribution in [-0.2, 0) is 39.0 Å². The van der Waals surface area contributed by atoms with Gasteiger partial charge in [0.25, 0.3) is 0 Å². The van der Waals surface area contributed by atoms with E-state index in [0.717, 1.165) is 0 Å². The third-order valence-corrected chi connectivity index (χ3v) is 1.07. The van der Waals surface area contributed by atoms with Crippen LogP contribution in [0, 0.1) is 6.42 Å². The van der Waals surface area contributed by atoms with Crippen LogP contribution in [0.2, 0.25) is 0 Å². The van der Waals surface area contributed by atoms with E-state index >= 15 is 0 Å². The number of hydrogen-bond donors (Lipinski definition) is 0. The zero-order valence-corrected chi connectivity index (χ0v) is 16.6. The van der Waals surface area contributed by atoms with Gasteiger partial charge >= 0.3 is 39.0 Å². The minimum atomic E-state index is 0. The molecular formula is C5H9Br3Zn2. The fourth-order valence-corrected chi connectivity index (χ4v) is 0.722. The molecule has 0 unspecified atom stereocenters. The average molecular weight is 440 g/mol. The Morgan fingerprint density at radius 3 is 1.10 bits per heavy atom. The summed E-state index contributed by atoms with van der Waals surface area (Å²) in [6.07, 6.45) is 8.00. The van der Waals surface area contributed by atoms with Gasteiger partial charge in [0.15, 0.2) is 0 Å². The van der Waals surface area contributed by atoms with Crippen molar-refractivity contribution in [2.75, 3.05) is 0 Å². The van der Waals surface area contributed by atoms with Gasteiger partial charge in [0, 0.05) is 0 Å². The first-order valence-electron chi connectivity index (χ1n) is 2.32. The van der Waals surface area contributed by atoms with E-state index in [1.807, 2.05) is 0 Å². The van der Waals surface area contributed by atoms with Crippen LogP contribution in [0.5, 0.6) is 0 Å². The third kappa shape index (κ3) is 17.0. The van der Waals surface area contributed by atoms with Crippen LogP contribution >= 0.6 is 0 Å². The first-order valence-corrected chi connectivity index (χ1v) is 2.32. The minimum absolute atomic E-state index is 0. The summed E-state index contributed by atoms with van der Waals surface area (Å²) in [6, 6.07) is 0. The molecule has 1 saturated carbocycles. The first kappa shape index (κ1) is 29.3. The number of rotatable bonds is 0. The van der Waals surface area contributed by atoms with Crippen LogP contribution in [0.1, 0.15) is 25.7 Å². The van der Waals surface area contributed by atoms with Gasteiger partial charge in [-0.25, -0.2) is 0 Å². The van der Waals surface area contributed by atoms with E-state index in [1.165, 1.54) is 25.7 Å². The Morgan fingerprint density at radius 2 is 1.00 bits per heavy atom. The summed E-state index contributed by atoms with van der Waals surface area (Å²) < 4.78 is 0. The maximum absolute atomic E-state index is 2.36. The van der Waals surface area contributed by atoms with Crippen molar-refractivity contribution in [3.05, 3.63) is 6.42 Å². The second-order valence-corrected chi connectivity index (χ2v) is 1.57. The Kier molecular flexibility index (Phi) is 66.2. The molecule has 0 N–H and O–H groups in total. The van der Waals surface area contributed by atoms with Gasteiger partial charge in [-0.3, -0.25) is 0 Å². The van der Waals surface area contributed by atoms with Crippen molar-refractivity contribution in [2.24, 2.45) is 0 Å². The van der Waals surface area contributed by atoms with Crippen LogP contribution < -0.4 is 50.9 Å². The second kappa shape index (κ2) is 22.6. The van der Waals surface area contributed by atoms with Gasteiger partial charge in [0.05, 0.1) is 0 Å². The Bertz CT molecular complexity index is 26.5. The molecule has 0 aromatic rings. The van der Waals surface area contributed by atoms with Crippen LogP contribution in [0.25, 0.3) is 0 Å². The molecule has 5 heteroatoms. The molecule has 10 heavy (non-hydrogen) atoms. The zero-order valence-electron chi connectivity index (χ0n) is 5.95. The fraction of sp³-hybridized carbons (Fsp3) is 0.800. The summed E-state index contributed by atoms with van der Waals surface area (Å²) in [5.74, 6) is 0. The van der Waals surface area contributed by atoms with E-state index < -0.39 is 0 Å². The summed E-state index contributed by atoms with van der Waals surface area (Å²) in [5.41, 5.74) is 0. The quantitative estimate of drug-likeness (QED) is 0.260. The SMILES string of the molecule is [Br-].[Br-].[Br-].[CH-]1CCCC1.[Zn+2].[Zn+2]. The maximum atomic E-state index is 2.36. The molecule has 0 nitrogen and oxygen atoms in total. The predicted molar refractivity (Wildman–Crippen MR) is 22.8 cm³/mol. The number of halogens is 3. The molecule has 1 aliphatic carbocycles. The Labute approximate surface area is 120 Å². The van der Waals surface area contributed by atoms with Gasteiger partial charge < -0.3 is 57.4 Å². The van der Waals surface area contributed by atoms with Gasteiger partial charge in [0.2, 0.25) is 0 Å². The van der Waals surface area contributed by atoms with E-state index in [1.54, 1.807) is 0 Å². The minimum Gasteiger partial charge on any atom is -1.00 e. The van der Waals surface area contributed by atoms with Crippen LogP contribution in [0.4, 0.5) is 0 Å². The predicted octanol–water partition coefficient (Wildman–Crippen LogP) is -7.23. The molecule has 0 spiro atoms. The normalized spacial score (nSPS) is 12.0. The van der Waals surface area contributed by atoms with E-state index in [4.69, 9.17) is 0 Å².